The molecule has 0 atom stereocenters. The van der Waals surface area contributed by atoms with E-state index in [0.29, 0.717) is 0 Å². The van der Waals surface area contributed by atoms with E-state index in [1.165, 1.54) is 0 Å². The van der Waals surface area contributed by atoms with Gasteiger partial charge in [0, 0.05) is 0 Å². The molecule has 10 nitrogen and oxygen atoms in total. The Morgan fingerprint density at radius 3 is 2.60 bits per heavy atom. The van der Waals surface area contributed by atoms with E-state index in [4.69, 9.17) is 0 Å². The van der Waals surface area contributed by atoms with Crippen LogP contribution in [0.1, 0.15) is 0 Å². The molecular weight excluding hydrogens is 208 g/mol. The number of fused-ring (bicyclic) bond motifs is 1. The fraction of sp³-hybridized carbons (Fsp3) is 0. The molecule has 0 fully saturated rings. The predicted molar refractivity (Wildman–Crippen MR) is 44.1 cm³/mol. The van der Waals surface area contributed by atoms with Crippen molar-refractivity contribution in [2.75, 3.05) is 0 Å². The van der Waals surface area contributed by atoms with Crippen LogP contribution in [0, 0.1) is 20.2 Å². The highest BCUT2D eigenvalue weighted by Crippen LogP contribution is 2.22. The standard InChI is InChI=1S/C5H2N6O4/c12-10(13)3-1-4(11(14)15)5-6-7-8-9(5)2-3/h1-2H. The Bertz CT molecular complexity index is 562. The summed E-state index contributed by atoms with van der Waals surface area (Å²) in [5.74, 6) is 0. The largest absolute Gasteiger partial charge is 0.322 e. The molecule has 2 aromatic rings. The number of pyridine rings is 1. The highest BCUT2D eigenvalue weighted by Gasteiger charge is 2.21. The number of hydrogen-bond donors (Lipinski definition) is 0. The summed E-state index contributed by atoms with van der Waals surface area (Å²) in [6, 6.07) is 0.811. The van der Waals surface area contributed by atoms with E-state index >= 15 is 0 Å². The molecule has 10 heteroatoms. The minimum absolute atomic E-state index is 0.134. The van der Waals surface area contributed by atoms with Crippen LogP contribution >= 0.6 is 0 Å². The minimum atomic E-state index is -0.779. The summed E-state index contributed by atoms with van der Waals surface area (Å²) < 4.78 is 0.885. The summed E-state index contributed by atoms with van der Waals surface area (Å²) in [6.45, 7) is 0. The number of aromatic nitrogens is 4. The van der Waals surface area contributed by atoms with Crippen molar-refractivity contribution < 1.29 is 9.85 Å². The SMILES string of the molecule is O=[N+]([O-])c1cc([N+](=O)[O-])c2nnnn2c1. The van der Waals surface area contributed by atoms with Crippen molar-refractivity contribution in [2.45, 2.75) is 0 Å². The summed E-state index contributed by atoms with van der Waals surface area (Å²) in [5, 5.41) is 30.9. The molecule has 0 aromatic carbocycles. The van der Waals surface area contributed by atoms with Gasteiger partial charge in [-0.1, -0.05) is 0 Å². The number of rotatable bonds is 2. The molecule has 15 heavy (non-hydrogen) atoms. The van der Waals surface area contributed by atoms with Crippen molar-refractivity contribution in [1.82, 2.24) is 20.0 Å². The van der Waals surface area contributed by atoms with Crippen molar-refractivity contribution in [3.8, 4) is 0 Å². The molecule has 0 aliphatic rings. The van der Waals surface area contributed by atoms with E-state index in [-0.39, 0.29) is 5.65 Å². The summed E-state index contributed by atoms with van der Waals surface area (Å²) in [4.78, 5) is 19.5. The molecule has 0 spiro atoms. The van der Waals surface area contributed by atoms with E-state index in [9.17, 15) is 20.2 Å². The zero-order valence-electron chi connectivity index (χ0n) is 6.97. The van der Waals surface area contributed by atoms with E-state index in [2.05, 4.69) is 15.5 Å². The van der Waals surface area contributed by atoms with Crippen LogP contribution in [0.25, 0.3) is 5.65 Å². The third-order valence-corrected chi connectivity index (χ3v) is 1.67. The Morgan fingerprint density at radius 1 is 1.27 bits per heavy atom. The summed E-state index contributed by atoms with van der Waals surface area (Å²) in [5.41, 5.74) is -1.08. The lowest BCUT2D eigenvalue weighted by molar-refractivity contribution is -0.393. The van der Waals surface area contributed by atoms with Crippen LogP contribution in [-0.4, -0.2) is 29.9 Å². The van der Waals surface area contributed by atoms with E-state index in [1.54, 1.807) is 0 Å². The second kappa shape index (κ2) is 2.94. The molecule has 0 saturated carbocycles. The second-order valence-corrected chi connectivity index (χ2v) is 2.54. The Hall–Kier alpha value is -2.65. The molecule has 0 aliphatic heterocycles. The van der Waals surface area contributed by atoms with Crippen LogP contribution in [0.3, 0.4) is 0 Å². The average molecular weight is 210 g/mol. The minimum Gasteiger partial charge on any atom is -0.258 e. The molecule has 0 aliphatic carbocycles. The van der Waals surface area contributed by atoms with Gasteiger partial charge in [-0.2, -0.15) is 4.52 Å². The van der Waals surface area contributed by atoms with Crippen LogP contribution in [0.2, 0.25) is 0 Å². The van der Waals surface area contributed by atoms with E-state index in [1.807, 2.05) is 0 Å². The Labute approximate surface area is 80.4 Å². The zero-order chi connectivity index (χ0) is 11.0. The van der Waals surface area contributed by atoms with Crippen LogP contribution in [0.4, 0.5) is 11.4 Å². The number of nitro groups is 2. The number of hydrogen-bond acceptors (Lipinski definition) is 7. The molecule has 0 bridgehead atoms. The lowest BCUT2D eigenvalue weighted by Gasteiger charge is -1.93. The fourth-order valence-electron chi connectivity index (χ4n) is 1.05. The molecule has 76 valence electrons. The Kier molecular flexibility index (Phi) is 1.75. The average Bonchev–Trinajstić information content (AvgIpc) is 2.62. The van der Waals surface area contributed by atoms with Gasteiger partial charge in [0.25, 0.3) is 11.3 Å². The van der Waals surface area contributed by atoms with Gasteiger partial charge in [0.05, 0.1) is 15.9 Å². The highest BCUT2D eigenvalue weighted by atomic mass is 16.6. The van der Waals surface area contributed by atoms with Crippen molar-refractivity contribution in [1.29, 1.82) is 0 Å². The van der Waals surface area contributed by atoms with Gasteiger partial charge in [-0.3, -0.25) is 20.2 Å². The van der Waals surface area contributed by atoms with Crippen LogP contribution in [0.5, 0.6) is 0 Å². The molecule has 0 saturated heterocycles. The molecule has 0 N–H and O–H groups in total. The third-order valence-electron chi connectivity index (χ3n) is 1.67. The lowest BCUT2D eigenvalue weighted by atomic mass is 10.3. The smallest absolute Gasteiger partial charge is 0.258 e. The molecule has 2 rings (SSSR count). The van der Waals surface area contributed by atoms with Crippen LogP contribution < -0.4 is 0 Å². The first-order valence-corrected chi connectivity index (χ1v) is 3.60. The van der Waals surface area contributed by atoms with Gasteiger partial charge >= 0.3 is 5.69 Å². The summed E-state index contributed by atoms with van der Waals surface area (Å²) in [7, 11) is 0. The zero-order valence-corrected chi connectivity index (χ0v) is 6.97. The molecule has 0 unspecified atom stereocenters. The van der Waals surface area contributed by atoms with Gasteiger partial charge in [0.15, 0.2) is 0 Å². The van der Waals surface area contributed by atoms with Gasteiger partial charge in [0.2, 0.25) is 0 Å². The maximum Gasteiger partial charge on any atom is 0.322 e. The second-order valence-electron chi connectivity index (χ2n) is 2.54. The Morgan fingerprint density at radius 2 is 2.00 bits per heavy atom. The van der Waals surface area contributed by atoms with Gasteiger partial charge < -0.3 is 0 Å². The molecular formula is C5H2N6O4. The first kappa shape index (κ1) is 8.93. The Balaban J connectivity index is 2.80. The number of tetrazole rings is 1. The maximum absolute atomic E-state index is 10.6. The third kappa shape index (κ3) is 1.33. The van der Waals surface area contributed by atoms with Crippen LogP contribution in [-0.2, 0) is 0 Å². The molecule has 2 heterocycles. The monoisotopic (exact) mass is 210 g/mol. The van der Waals surface area contributed by atoms with Crippen molar-refractivity contribution in [3.05, 3.63) is 32.5 Å². The van der Waals surface area contributed by atoms with Crippen LogP contribution in [0.15, 0.2) is 12.3 Å². The maximum atomic E-state index is 10.6. The lowest BCUT2D eigenvalue weighted by Crippen LogP contribution is -1.98. The van der Waals surface area contributed by atoms with Crippen molar-refractivity contribution in [2.24, 2.45) is 0 Å². The summed E-state index contributed by atoms with van der Waals surface area (Å²) in [6.07, 6.45) is 1.00. The summed E-state index contributed by atoms with van der Waals surface area (Å²) >= 11 is 0. The first-order valence-electron chi connectivity index (χ1n) is 3.60. The van der Waals surface area contributed by atoms with Gasteiger partial charge in [-0.05, 0) is 10.4 Å². The highest BCUT2D eigenvalue weighted by molar-refractivity contribution is 5.61. The normalized spacial score (nSPS) is 10.4. The van der Waals surface area contributed by atoms with E-state index < -0.39 is 21.2 Å². The van der Waals surface area contributed by atoms with Gasteiger partial charge in [-0.15, -0.1) is 5.10 Å². The van der Waals surface area contributed by atoms with Crippen molar-refractivity contribution >= 4 is 17.0 Å². The van der Waals surface area contributed by atoms with Gasteiger partial charge in [-0.25, -0.2) is 0 Å². The first-order chi connectivity index (χ1) is 7.09. The fourth-order valence-corrected chi connectivity index (χ4v) is 1.05. The van der Waals surface area contributed by atoms with Crippen molar-refractivity contribution in [3.63, 3.8) is 0 Å². The van der Waals surface area contributed by atoms with E-state index in [0.717, 1.165) is 16.8 Å². The molecule has 0 radical (unpaired) electrons. The van der Waals surface area contributed by atoms with Gasteiger partial charge in [0.1, 0.15) is 6.20 Å². The number of nitrogens with zero attached hydrogens (tertiary/aromatic N) is 6. The quantitative estimate of drug-likeness (QED) is 0.501. The molecule has 0 amide bonds. The predicted octanol–water partition coefficient (Wildman–Crippen LogP) is -0.0593. The molecule has 2 aromatic heterocycles. The topological polar surface area (TPSA) is 129 Å².